The second kappa shape index (κ2) is 9.18. The van der Waals surface area contributed by atoms with Crippen LogP contribution in [0.15, 0.2) is 48.8 Å². The van der Waals surface area contributed by atoms with Crippen molar-refractivity contribution >= 4 is 23.8 Å². The van der Waals surface area contributed by atoms with Gasteiger partial charge < -0.3 is 14.4 Å². The van der Waals surface area contributed by atoms with E-state index in [0.29, 0.717) is 6.42 Å². The van der Waals surface area contributed by atoms with E-state index in [2.05, 4.69) is 17.2 Å². The molecule has 3 aromatic rings. The van der Waals surface area contributed by atoms with Crippen LogP contribution >= 0.6 is 12.4 Å². The molecule has 1 fully saturated rings. The largest absolute Gasteiger partial charge is 0.494 e. The molecule has 1 amide bonds. The van der Waals surface area contributed by atoms with Gasteiger partial charge in [-0.25, -0.2) is 4.52 Å². The van der Waals surface area contributed by atoms with E-state index in [0.717, 1.165) is 54.1 Å². The van der Waals surface area contributed by atoms with Crippen LogP contribution in [-0.2, 0) is 4.79 Å². The minimum atomic E-state index is 0. The summed E-state index contributed by atoms with van der Waals surface area (Å²) in [4.78, 5) is 13.7. The lowest BCUT2D eigenvalue weighted by atomic mass is 10.1. The Morgan fingerprint density at radius 1 is 1.14 bits per heavy atom. The highest BCUT2D eigenvalue weighted by Gasteiger charge is 2.22. The molecule has 0 spiro atoms. The van der Waals surface area contributed by atoms with E-state index >= 15 is 0 Å². The Bertz CT molecular complexity index is 963. The molecule has 7 heteroatoms. The monoisotopic (exact) mass is 415 g/mol. The van der Waals surface area contributed by atoms with Crippen LogP contribution in [0.2, 0.25) is 0 Å². The predicted molar refractivity (Wildman–Crippen MR) is 115 cm³/mol. The van der Waals surface area contributed by atoms with Crippen molar-refractivity contribution in [1.29, 1.82) is 0 Å². The molecule has 0 unspecified atom stereocenters. The zero-order valence-electron chi connectivity index (χ0n) is 16.7. The average molecular weight is 416 g/mol. The number of likely N-dealkylation sites (tertiary alicyclic amines) is 1. The van der Waals surface area contributed by atoms with Crippen molar-refractivity contribution in [2.75, 3.05) is 20.2 Å². The van der Waals surface area contributed by atoms with E-state index in [9.17, 15) is 4.79 Å². The summed E-state index contributed by atoms with van der Waals surface area (Å²) >= 11 is 0. The Morgan fingerprint density at radius 2 is 1.86 bits per heavy atom. The zero-order valence-corrected chi connectivity index (χ0v) is 17.5. The van der Waals surface area contributed by atoms with Gasteiger partial charge in [0.2, 0.25) is 5.91 Å². The minimum absolute atomic E-state index is 0. The zero-order chi connectivity index (χ0) is 19.5. The third kappa shape index (κ3) is 4.48. The molecule has 1 aliphatic heterocycles. The summed E-state index contributed by atoms with van der Waals surface area (Å²) in [5, 5.41) is 4.32. The third-order valence-corrected chi connectivity index (χ3v) is 5.28. The highest BCUT2D eigenvalue weighted by atomic mass is 35.5. The Labute approximate surface area is 176 Å². The first-order valence-electron chi connectivity index (χ1n) is 9.74. The number of halogens is 1. The van der Waals surface area contributed by atoms with Crippen molar-refractivity contribution in [3.63, 3.8) is 0 Å². The van der Waals surface area contributed by atoms with E-state index in [-0.39, 0.29) is 24.4 Å². The number of hydrogen-bond acceptors (Lipinski definition) is 4. The van der Waals surface area contributed by atoms with Crippen LogP contribution in [-0.4, -0.2) is 46.7 Å². The second-order valence-electron chi connectivity index (χ2n) is 7.03. The number of fused-ring (bicyclic) bond motifs is 1. The van der Waals surface area contributed by atoms with E-state index in [1.807, 2.05) is 46.8 Å². The predicted octanol–water partition coefficient (Wildman–Crippen LogP) is 4.21. The number of carbonyl (C=O) groups is 1. The smallest absolute Gasteiger partial charge is 0.222 e. The van der Waals surface area contributed by atoms with Crippen LogP contribution in [0, 0.1) is 0 Å². The second-order valence-corrected chi connectivity index (χ2v) is 7.03. The number of methoxy groups -OCH3 is 1. The molecule has 6 nitrogen and oxygen atoms in total. The Kier molecular flexibility index (Phi) is 6.64. The molecule has 154 valence electrons. The molecule has 0 radical (unpaired) electrons. The quantitative estimate of drug-likeness (QED) is 0.626. The van der Waals surface area contributed by atoms with Gasteiger partial charge in [0.1, 0.15) is 23.1 Å². The van der Waals surface area contributed by atoms with Gasteiger partial charge in [-0.3, -0.25) is 4.79 Å². The Balaban J connectivity index is 0.00000240. The van der Waals surface area contributed by atoms with E-state index < -0.39 is 0 Å². The van der Waals surface area contributed by atoms with Gasteiger partial charge in [0.05, 0.1) is 13.3 Å². The van der Waals surface area contributed by atoms with Gasteiger partial charge in [0, 0.05) is 44.1 Å². The van der Waals surface area contributed by atoms with Crippen LogP contribution in [0.5, 0.6) is 11.5 Å². The molecular weight excluding hydrogens is 390 g/mol. The lowest BCUT2D eigenvalue weighted by molar-refractivity contribution is -0.132. The number of rotatable bonds is 5. The number of aromatic nitrogens is 2. The Morgan fingerprint density at radius 3 is 2.52 bits per heavy atom. The van der Waals surface area contributed by atoms with Gasteiger partial charge in [-0.15, -0.1) is 12.4 Å². The van der Waals surface area contributed by atoms with Crippen LogP contribution in [0.3, 0.4) is 0 Å². The standard InChI is InChI=1S/C22H25N3O3.ClH/c1-3-22(26)24-12-9-19(10-13-24)28-18-6-4-16(5-7-18)17-14-21(27-2)20-8-11-23-25(20)15-17;/h4-8,11,14-15,19H,3,9-10,12-13H2,1-2H3;1H. The molecule has 0 bridgehead atoms. The summed E-state index contributed by atoms with van der Waals surface area (Å²) in [5.41, 5.74) is 3.05. The molecule has 1 aromatic carbocycles. The molecule has 4 rings (SSSR count). The number of piperidine rings is 1. The highest BCUT2D eigenvalue weighted by Crippen LogP contribution is 2.29. The summed E-state index contributed by atoms with van der Waals surface area (Å²) in [6, 6.07) is 12.0. The first-order chi connectivity index (χ1) is 13.7. The number of ether oxygens (including phenoxy) is 2. The number of pyridine rings is 1. The Hall–Kier alpha value is -2.73. The maximum Gasteiger partial charge on any atom is 0.222 e. The van der Waals surface area contributed by atoms with Crippen LogP contribution in [0.25, 0.3) is 16.6 Å². The number of carbonyl (C=O) groups excluding carboxylic acids is 1. The summed E-state index contributed by atoms with van der Waals surface area (Å²) in [6.45, 7) is 3.46. The van der Waals surface area contributed by atoms with E-state index in [1.165, 1.54) is 0 Å². The van der Waals surface area contributed by atoms with Crippen molar-refractivity contribution in [2.24, 2.45) is 0 Å². The normalized spacial score (nSPS) is 14.5. The van der Waals surface area contributed by atoms with Crippen LogP contribution in [0.1, 0.15) is 26.2 Å². The molecule has 1 saturated heterocycles. The SMILES string of the molecule is CCC(=O)N1CCC(Oc2ccc(-c3cc(OC)c4ccnn4c3)cc2)CC1.Cl. The maximum absolute atomic E-state index is 11.8. The van der Waals surface area contributed by atoms with E-state index in [1.54, 1.807) is 13.3 Å². The van der Waals surface area contributed by atoms with Gasteiger partial charge in [0.15, 0.2) is 0 Å². The summed E-state index contributed by atoms with van der Waals surface area (Å²) in [6.07, 6.45) is 6.24. The summed E-state index contributed by atoms with van der Waals surface area (Å²) in [5.74, 6) is 1.88. The lowest BCUT2D eigenvalue weighted by Gasteiger charge is -2.32. The minimum Gasteiger partial charge on any atom is -0.494 e. The molecule has 0 N–H and O–H groups in total. The number of benzene rings is 1. The molecule has 0 aliphatic carbocycles. The van der Waals surface area contributed by atoms with Gasteiger partial charge in [-0.1, -0.05) is 19.1 Å². The van der Waals surface area contributed by atoms with Crippen LogP contribution in [0.4, 0.5) is 0 Å². The molecule has 0 atom stereocenters. The van der Waals surface area contributed by atoms with Crippen molar-refractivity contribution in [1.82, 2.24) is 14.5 Å². The summed E-state index contributed by atoms with van der Waals surface area (Å²) in [7, 11) is 1.67. The third-order valence-electron chi connectivity index (χ3n) is 5.28. The summed E-state index contributed by atoms with van der Waals surface area (Å²) < 4.78 is 13.4. The van der Waals surface area contributed by atoms with Gasteiger partial charge in [0.25, 0.3) is 0 Å². The lowest BCUT2D eigenvalue weighted by Crippen LogP contribution is -2.41. The van der Waals surface area contributed by atoms with Gasteiger partial charge in [-0.2, -0.15) is 5.10 Å². The van der Waals surface area contributed by atoms with Gasteiger partial charge >= 0.3 is 0 Å². The van der Waals surface area contributed by atoms with Crippen molar-refractivity contribution < 1.29 is 14.3 Å². The number of nitrogens with zero attached hydrogens (tertiary/aromatic N) is 3. The fourth-order valence-corrected chi connectivity index (χ4v) is 3.68. The number of hydrogen-bond donors (Lipinski definition) is 0. The molecule has 1 aliphatic rings. The van der Waals surface area contributed by atoms with Gasteiger partial charge in [-0.05, 0) is 29.8 Å². The van der Waals surface area contributed by atoms with Crippen molar-refractivity contribution in [3.8, 4) is 22.6 Å². The molecule has 2 aromatic heterocycles. The van der Waals surface area contributed by atoms with Crippen molar-refractivity contribution in [2.45, 2.75) is 32.3 Å². The molecule has 3 heterocycles. The molecular formula is C22H26ClN3O3. The first kappa shape index (κ1) is 21.0. The molecule has 0 saturated carbocycles. The molecule has 29 heavy (non-hydrogen) atoms. The first-order valence-corrected chi connectivity index (χ1v) is 9.74. The van der Waals surface area contributed by atoms with Crippen molar-refractivity contribution in [3.05, 3.63) is 48.8 Å². The topological polar surface area (TPSA) is 56.1 Å². The fourth-order valence-electron chi connectivity index (χ4n) is 3.68. The highest BCUT2D eigenvalue weighted by molar-refractivity contribution is 5.85. The average Bonchev–Trinajstić information content (AvgIpc) is 3.22. The van der Waals surface area contributed by atoms with E-state index in [4.69, 9.17) is 9.47 Å². The fraction of sp³-hybridized carbons (Fsp3) is 0.364. The maximum atomic E-state index is 11.8. The number of amides is 1. The van der Waals surface area contributed by atoms with Crippen LogP contribution < -0.4 is 9.47 Å².